The molecule has 1 saturated heterocycles. The van der Waals surface area contributed by atoms with E-state index in [4.69, 9.17) is 9.47 Å². The maximum atomic E-state index is 5.64. The number of rotatable bonds is 7. The third-order valence-corrected chi connectivity index (χ3v) is 3.16. The second-order valence-corrected chi connectivity index (χ2v) is 4.69. The molecular weight excluding hydrogens is 240 g/mol. The fourth-order valence-corrected chi connectivity index (χ4v) is 2.14. The number of nitrogens with one attached hydrogen (secondary N) is 1. The van der Waals surface area contributed by atoms with Gasteiger partial charge in [-0.1, -0.05) is 6.92 Å². The van der Waals surface area contributed by atoms with E-state index in [9.17, 15) is 0 Å². The molecule has 0 aromatic heterocycles. The first kappa shape index (κ1) is 14.2. The summed E-state index contributed by atoms with van der Waals surface area (Å²) >= 11 is 0. The quantitative estimate of drug-likeness (QED) is 0.763. The van der Waals surface area contributed by atoms with Crippen LogP contribution in [0.5, 0.6) is 5.75 Å². The van der Waals surface area contributed by atoms with E-state index in [2.05, 4.69) is 29.3 Å². The highest BCUT2D eigenvalue weighted by atomic mass is 16.5. The molecule has 4 heteroatoms. The summed E-state index contributed by atoms with van der Waals surface area (Å²) in [5.41, 5.74) is 1.27. The van der Waals surface area contributed by atoms with E-state index in [0.29, 0.717) is 13.2 Å². The first-order valence-corrected chi connectivity index (χ1v) is 7.16. The number of hydrogen-bond acceptors (Lipinski definition) is 4. The van der Waals surface area contributed by atoms with Crippen molar-refractivity contribution in [2.24, 2.45) is 0 Å². The average molecular weight is 264 g/mol. The molecule has 1 N–H and O–H groups in total. The lowest BCUT2D eigenvalue weighted by Crippen LogP contribution is -2.43. The van der Waals surface area contributed by atoms with E-state index in [1.165, 1.54) is 5.69 Å². The summed E-state index contributed by atoms with van der Waals surface area (Å²) in [6.45, 7) is 8.47. The molecule has 2 rings (SSSR count). The molecule has 1 aliphatic rings. The Morgan fingerprint density at radius 3 is 2.47 bits per heavy atom. The maximum Gasteiger partial charge on any atom is 0.119 e. The number of piperazine rings is 1. The van der Waals surface area contributed by atoms with Gasteiger partial charge in [0.05, 0.1) is 6.61 Å². The predicted molar refractivity (Wildman–Crippen MR) is 78.1 cm³/mol. The lowest BCUT2D eigenvalue weighted by atomic mass is 10.2. The highest BCUT2D eigenvalue weighted by Crippen LogP contribution is 2.19. The van der Waals surface area contributed by atoms with Crippen molar-refractivity contribution in [3.63, 3.8) is 0 Å². The van der Waals surface area contributed by atoms with Gasteiger partial charge in [-0.2, -0.15) is 0 Å². The summed E-state index contributed by atoms with van der Waals surface area (Å²) in [7, 11) is 0. The topological polar surface area (TPSA) is 33.7 Å². The van der Waals surface area contributed by atoms with Crippen molar-refractivity contribution in [1.29, 1.82) is 0 Å². The largest absolute Gasteiger partial charge is 0.491 e. The van der Waals surface area contributed by atoms with Crippen LogP contribution in [-0.4, -0.2) is 46.0 Å². The summed E-state index contributed by atoms with van der Waals surface area (Å²) in [6.07, 6.45) is 1.05. The van der Waals surface area contributed by atoms with Crippen molar-refractivity contribution < 1.29 is 9.47 Å². The van der Waals surface area contributed by atoms with Gasteiger partial charge in [0.25, 0.3) is 0 Å². The van der Waals surface area contributed by atoms with Crippen molar-refractivity contribution in [2.75, 3.05) is 50.9 Å². The molecule has 0 atom stereocenters. The Labute approximate surface area is 115 Å². The molecule has 0 radical (unpaired) electrons. The average Bonchev–Trinajstić information content (AvgIpc) is 2.49. The summed E-state index contributed by atoms with van der Waals surface area (Å²) in [5, 5.41) is 3.36. The number of benzene rings is 1. The van der Waals surface area contributed by atoms with Gasteiger partial charge in [0.15, 0.2) is 0 Å². The van der Waals surface area contributed by atoms with E-state index in [1.807, 2.05) is 12.1 Å². The molecule has 0 spiro atoms. The van der Waals surface area contributed by atoms with Crippen LogP contribution < -0.4 is 15.0 Å². The van der Waals surface area contributed by atoms with E-state index >= 15 is 0 Å². The van der Waals surface area contributed by atoms with Gasteiger partial charge in [-0.25, -0.2) is 0 Å². The van der Waals surface area contributed by atoms with Gasteiger partial charge in [0.1, 0.15) is 12.4 Å². The van der Waals surface area contributed by atoms with Crippen LogP contribution in [0.15, 0.2) is 24.3 Å². The fraction of sp³-hybridized carbons (Fsp3) is 0.600. The molecule has 0 unspecified atom stereocenters. The molecule has 1 heterocycles. The summed E-state index contributed by atoms with van der Waals surface area (Å²) in [6, 6.07) is 8.34. The molecule has 106 valence electrons. The number of anilines is 1. The van der Waals surface area contributed by atoms with Crippen molar-refractivity contribution >= 4 is 5.69 Å². The predicted octanol–water partition coefficient (Wildman–Crippen LogP) is 1.90. The van der Waals surface area contributed by atoms with Crippen LogP contribution in [0.25, 0.3) is 0 Å². The van der Waals surface area contributed by atoms with Crippen LogP contribution in [0.2, 0.25) is 0 Å². The van der Waals surface area contributed by atoms with Crippen LogP contribution in [-0.2, 0) is 4.74 Å². The van der Waals surface area contributed by atoms with E-state index in [1.54, 1.807) is 0 Å². The van der Waals surface area contributed by atoms with E-state index in [0.717, 1.165) is 45.0 Å². The van der Waals surface area contributed by atoms with E-state index in [-0.39, 0.29) is 0 Å². The fourth-order valence-electron chi connectivity index (χ4n) is 2.14. The zero-order valence-electron chi connectivity index (χ0n) is 11.7. The SMILES string of the molecule is CCCOCCOc1ccc(N2CCNCC2)cc1. The van der Waals surface area contributed by atoms with Crippen LogP contribution in [0.3, 0.4) is 0 Å². The van der Waals surface area contributed by atoms with Crippen molar-refractivity contribution in [2.45, 2.75) is 13.3 Å². The molecular formula is C15H24N2O2. The first-order valence-electron chi connectivity index (χ1n) is 7.16. The molecule has 1 aromatic carbocycles. The van der Waals surface area contributed by atoms with Crippen LogP contribution in [0.1, 0.15) is 13.3 Å². The standard InChI is InChI=1S/C15H24N2O2/c1-2-11-18-12-13-19-15-5-3-14(4-6-15)17-9-7-16-8-10-17/h3-6,16H,2,7-13H2,1H3. The zero-order chi connectivity index (χ0) is 13.3. The molecule has 0 aliphatic carbocycles. The molecule has 1 aliphatic heterocycles. The van der Waals surface area contributed by atoms with Crippen molar-refractivity contribution in [3.05, 3.63) is 24.3 Å². The van der Waals surface area contributed by atoms with Crippen molar-refractivity contribution in [3.8, 4) is 5.75 Å². The number of ether oxygens (including phenoxy) is 2. The zero-order valence-corrected chi connectivity index (χ0v) is 11.7. The molecule has 0 saturated carbocycles. The normalized spacial score (nSPS) is 15.5. The summed E-state index contributed by atoms with van der Waals surface area (Å²) in [4.78, 5) is 2.39. The van der Waals surface area contributed by atoms with Gasteiger partial charge in [0, 0.05) is 38.5 Å². The second kappa shape index (κ2) is 8.02. The lowest BCUT2D eigenvalue weighted by molar-refractivity contribution is 0.101. The molecule has 1 aromatic rings. The smallest absolute Gasteiger partial charge is 0.119 e. The third kappa shape index (κ3) is 4.73. The lowest BCUT2D eigenvalue weighted by Gasteiger charge is -2.29. The maximum absolute atomic E-state index is 5.64. The molecule has 1 fully saturated rings. The Bertz CT molecular complexity index is 348. The van der Waals surface area contributed by atoms with Gasteiger partial charge in [-0.05, 0) is 30.7 Å². The Morgan fingerprint density at radius 2 is 1.79 bits per heavy atom. The minimum absolute atomic E-state index is 0.618. The highest BCUT2D eigenvalue weighted by molar-refractivity contribution is 5.49. The minimum atomic E-state index is 0.618. The third-order valence-electron chi connectivity index (χ3n) is 3.16. The Balaban J connectivity index is 1.74. The molecule has 0 amide bonds. The van der Waals surface area contributed by atoms with Gasteiger partial charge in [-0.3, -0.25) is 0 Å². The molecule has 0 bridgehead atoms. The Kier molecular flexibility index (Phi) is 5.98. The monoisotopic (exact) mass is 264 g/mol. The van der Waals surface area contributed by atoms with Gasteiger partial charge < -0.3 is 19.7 Å². The minimum Gasteiger partial charge on any atom is -0.491 e. The second-order valence-electron chi connectivity index (χ2n) is 4.69. The molecule has 19 heavy (non-hydrogen) atoms. The van der Waals surface area contributed by atoms with Gasteiger partial charge in [-0.15, -0.1) is 0 Å². The van der Waals surface area contributed by atoms with Crippen molar-refractivity contribution in [1.82, 2.24) is 5.32 Å². The summed E-state index contributed by atoms with van der Waals surface area (Å²) < 4.78 is 11.0. The highest BCUT2D eigenvalue weighted by Gasteiger charge is 2.09. The molecule has 4 nitrogen and oxygen atoms in total. The van der Waals surface area contributed by atoms with E-state index < -0.39 is 0 Å². The number of nitrogens with zero attached hydrogens (tertiary/aromatic N) is 1. The number of hydrogen-bond donors (Lipinski definition) is 1. The van der Waals surface area contributed by atoms with Crippen LogP contribution in [0.4, 0.5) is 5.69 Å². The van der Waals surface area contributed by atoms with Crippen LogP contribution >= 0.6 is 0 Å². The van der Waals surface area contributed by atoms with Gasteiger partial charge in [0.2, 0.25) is 0 Å². The Hall–Kier alpha value is -1.26. The van der Waals surface area contributed by atoms with Gasteiger partial charge >= 0.3 is 0 Å². The first-order chi connectivity index (χ1) is 9.40. The Morgan fingerprint density at radius 1 is 1.05 bits per heavy atom. The van der Waals surface area contributed by atoms with Crippen LogP contribution in [0, 0.1) is 0 Å². The summed E-state index contributed by atoms with van der Waals surface area (Å²) in [5.74, 6) is 0.916.